The van der Waals surface area contributed by atoms with Gasteiger partial charge in [0, 0.05) is 10.5 Å². The van der Waals surface area contributed by atoms with Crippen LogP contribution in [0.5, 0.6) is 0 Å². The van der Waals surface area contributed by atoms with Crippen molar-refractivity contribution >= 4 is 32.6 Å². The van der Waals surface area contributed by atoms with Crippen molar-refractivity contribution < 1.29 is 0 Å². The minimum Gasteiger partial charge on any atom is -0.193 e. The maximum atomic E-state index is 8.34. The van der Waals surface area contributed by atoms with Gasteiger partial charge in [0.05, 0.1) is 11.1 Å². The summed E-state index contributed by atoms with van der Waals surface area (Å²) >= 11 is 9.11. The zero-order valence-corrected chi connectivity index (χ0v) is 8.43. The van der Waals surface area contributed by atoms with E-state index in [9.17, 15) is 0 Å². The first-order chi connectivity index (χ1) is 5.74. The van der Waals surface area contributed by atoms with Gasteiger partial charge in [0.1, 0.15) is 0 Å². The van der Waals surface area contributed by atoms with Crippen LogP contribution >= 0.6 is 27.5 Å². The molecule has 1 nitrogen and oxygen atoms in total. The van der Waals surface area contributed by atoms with Gasteiger partial charge in [-0.2, -0.15) is 5.26 Å². The van der Waals surface area contributed by atoms with Gasteiger partial charge in [-0.05, 0) is 17.7 Å². The van der Waals surface area contributed by atoms with Gasteiger partial charge >= 0.3 is 0 Å². The average Bonchev–Trinajstić information content (AvgIpc) is 2.05. The Morgan fingerprint density at radius 2 is 2.33 bits per heavy atom. The lowest BCUT2D eigenvalue weighted by Crippen LogP contribution is -1.75. The third-order valence-corrected chi connectivity index (χ3v) is 2.11. The number of rotatable bonds is 1. The van der Waals surface area contributed by atoms with Gasteiger partial charge in [-0.15, -0.1) is 0 Å². The van der Waals surface area contributed by atoms with Gasteiger partial charge in [-0.3, -0.25) is 0 Å². The van der Waals surface area contributed by atoms with E-state index < -0.39 is 0 Å². The number of allylic oxidation sites excluding steroid dienone is 1. The highest BCUT2D eigenvalue weighted by atomic mass is 79.9. The van der Waals surface area contributed by atoms with Crippen molar-refractivity contribution in [1.29, 1.82) is 5.26 Å². The molecule has 0 fully saturated rings. The van der Waals surface area contributed by atoms with Crippen LogP contribution < -0.4 is 0 Å². The second-order valence-corrected chi connectivity index (χ2v) is 3.45. The molecular weight excluding hydrogens is 237 g/mol. The quantitative estimate of drug-likeness (QED) is 0.691. The molecule has 0 saturated carbocycles. The number of nitriles is 1. The minimum atomic E-state index is 0.457. The molecule has 0 spiro atoms. The Bertz CT molecular complexity index is 352. The first kappa shape index (κ1) is 9.31. The molecule has 12 heavy (non-hydrogen) atoms. The molecule has 1 aromatic carbocycles. The van der Waals surface area contributed by atoms with Crippen molar-refractivity contribution in [2.24, 2.45) is 0 Å². The van der Waals surface area contributed by atoms with Gasteiger partial charge in [0.15, 0.2) is 0 Å². The van der Waals surface area contributed by atoms with Gasteiger partial charge < -0.3 is 0 Å². The Morgan fingerprint density at radius 1 is 1.58 bits per heavy atom. The Balaban J connectivity index is 3.05. The van der Waals surface area contributed by atoms with E-state index in [1.807, 2.05) is 30.3 Å². The van der Waals surface area contributed by atoms with Crippen LogP contribution in [0.2, 0.25) is 0 Å². The Hall–Kier alpha value is -0.780. The number of nitrogens with zero attached hydrogens (tertiary/aromatic N) is 1. The number of benzene rings is 1. The Morgan fingerprint density at radius 3 is 2.92 bits per heavy atom. The van der Waals surface area contributed by atoms with Crippen LogP contribution in [-0.4, -0.2) is 0 Å². The van der Waals surface area contributed by atoms with Crippen molar-refractivity contribution in [2.45, 2.75) is 0 Å². The van der Waals surface area contributed by atoms with E-state index in [2.05, 4.69) is 15.9 Å². The smallest absolute Gasteiger partial charge is 0.0927 e. The van der Waals surface area contributed by atoms with E-state index >= 15 is 0 Å². The fraction of sp³-hybridized carbons (Fsp3) is 0. The van der Waals surface area contributed by atoms with Crippen LogP contribution in [0.4, 0.5) is 0 Å². The highest BCUT2D eigenvalue weighted by molar-refractivity contribution is 9.10. The summed E-state index contributed by atoms with van der Waals surface area (Å²) in [4.78, 5) is 0. The van der Waals surface area contributed by atoms with Crippen LogP contribution in [0, 0.1) is 11.3 Å². The normalized spacial score (nSPS) is 10.9. The molecule has 3 heteroatoms. The van der Waals surface area contributed by atoms with E-state index in [-0.39, 0.29) is 0 Å². The van der Waals surface area contributed by atoms with Crippen molar-refractivity contribution in [3.05, 3.63) is 40.4 Å². The van der Waals surface area contributed by atoms with Gasteiger partial charge in [-0.1, -0.05) is 39.7 Å². The second-order valence-electron chi connectivity index (χ2n) is 2.13. The molecule has 0 amide bonds. The van der Waals surface area contributed by atoms with Crippen molar-refractivity contribution in [3.63, 3.8) is 0 Å². The molecule has 0 radical (unpaired) electrons. The molecule has 0 bridgehead atoms. The maximum absolute atomic E-state index is 8.34. The summed E-state index contributed by atoms with van der Waals surface area (Å²) in [6.07, 6.45) is 1.31. The highest BCUT2D eigenvalue weighted by Gasteiger charge is 1.96. The first-order valence-corrected chi connectivity index (χ1v) is 4.42. The minimum absolute atomic E-state index is 0.457. The van der Waals surface area contributed by atoms with Crippen molar-refractivity contribution in [1.82, 2.24) is 0 Å². The van der Waals surface area contributed by atoms with Crippen LogP contribution in [0.15, 0.2) is 34.8 Å². The Kier molecular flexibility index (Phi) is 3.33. The lowest BCUT2D eigenvalue weighted by atomic mass is 10.2. The lowest BCUT2D eigenvalue weighted by Gasteiger charge is -1.96. The summed E-state index contributed by atoms with van der Waals surface area (Å²) in [5.74, 6) is 0. The molecular formula is C9H5BrClN. The zero-order valence-electron chi connectivity index (χ0n) is 6.09. The summed E-state index contributed by atoms with van der Waals surface area (Å²) in [6, 6.07) is 9.35. The second kappa shape index (κ2) is 4.30. The SMILES string of the molecule is N#C/C=C(\Cl)c1cccc(Br)c1. The highest BCUT2D eigenvalue weighted by Crippen LogP contribution is 2.21. The van der Waals surface area contributed by atoms with Gasteiger partial charge in [0.25, 0.3) is 0 Å². The van der Waals surface area contributed by atoms with Crippen molar-refractivity contribution in [3.8, 4) is 6.07 Å². The Labute approximate surface area is 84.4 Å². The molecule has 0 saturated heterocycles. The molecule has 1 rings (SSSR count). The first-order valence-electron chi connectivity index (χ1n) is 3.25. The fourth-order valence-electron chi connectivity index (χ4n) is 0.777. The molecule has 0 unspecified atom stereocenters. The summed E-state index contributed by atoms with van der Waals surface area (Å²) in [7, 11) is 0. The van der Waals surface area contributed by atoms with Crippen molar-refractivity contribution in [2.75, 3.05) is 0 Å². The van der Waals surface area contributed by atoms with Gasteiger partial charge in [-0.25, -0.2) is 0 Å². The van der Waals surface area contributed by atoms with E-state index in [0.717, 1.165) is 10.0 Å². The van der Waals surface area contributed by atoms with E-state index in [4.69, 9.17) is 16.9 Å². The van der Waals surface area contributed by atoms with E-state index in [0.29, 0.717) is 5.03 Å². The van der Waals surface area contributed by atoms with E-state index in [1.165, 1.54) is 6.08 Å². The molecule has 0 aliphatic carbocycles. The number of hydrogen-bond acceptors (Lipinski definition) is 1. The zero-order chi connectivity index (χ0) is 8.97. The van der Waals surface area contributed by atoms with E-state index in [1.54, 1.807) is 0 Å². The molecule has 0 aliphatic rings. The molecule has 0 atom stereocenters. The predicted octanol–water partition coefficient (Wildman–Crippen LogP) is 3.55. The third kappa shape index (κ3) is 2.37. The molecule has 0 heterocycles. The van der Waals surface area contributed by atoms with Crippen LogP contribution in [-0.2, 0) is 0 Å². The molecule has 0 aliphatic heterocycles. The molecule has 0 N–H and O–H groups in total. The number of halogens is 2. The predicted molar refractivity (Wildman–Crippen MR) is 53.6 cm³/mol. The summed E-state index contributed by atoms with van der Waals surface area (Å²) in [5.41, 5.74) is 0.840. The monoisotopic (exact) mass is 241 g/mol. The summed E-state index contributed by atoms with van der Waals surface area (Å²) in [6.45, 7) is 0. The standard InChI is InChI=1S/C9H5BrClN/c10-8-3-1-2-7(6-8)9(11)4-5-12/h1-4,6H/b9-4-. The fourth-order valence-corrected chi connectivity index (χ4v) is 1.34. The maximum Gasteiger partial charge on any atom is 0.0927 e. The molecule has 0 aromatic heterocycles. The molecule has 60 valence electrons. The summed E-state index contributed by atoms with van der Waals surface area (Å²) in [5, 5.41) is 8.80. The topological polar surface area (TPSA) is 23.8 Å². The molecule has 1 aromatic rings. The number of hydrogen-bond donors (Lipinski definition) is 0. The van der Waals surface area contributed by atoms with Gasteiger partial charge in [0.2, 0.25) is 0 Å². The summed E-state index contributed by atoms with van der Waals surface area (Å²) < 4.78 is 0.949. The largest absolute Gasteiger partial charge is 0.193 e. The van der Waals surface area contributed by atoms with Crippen LogP contribution in [0.1, 0.15) is 5.56 Å². The third-order valence-electron chi connectivity index (χ3n) is 1.29. The average molecular weight is 243 g/mol. The lowest BCUT2D eigenvalue weighted by molar-refractivity contribution is 1.53. The van der Waals surface area contributed by atoms with Crippen LogP contribution in [0.25, 0.3) is 5.03 Å². The van der Waals surface area contributed by atoms with Crippen LogP contribution in [0.3, 0.4) is 0 Å².